The molecule has 1 nitrogen and oxygen atoms in total. The highest BCUT2D eigenvalue weighted by molar-refractivity contribution is 7.07. The van der Waals surface area contributed by atoms with Crippen molar-refractivity contribution in [1.29, 1.82) is 0 Å². The first-order valence-electron chi connectivity index (χ1n) is 7.13. The van der Waals surface area contributed by atoms with Gasteiger partial charge < -0.3 is 5.32 Å². The second-order valence-corrected chi connectivity index (χ2v) is 6.09. The molecule has 96 valence electrons. The van der Waals surface area contributed by atoms with Gasteiger partial charge in [0.15, 0.2) is 0 Å². The molecule has 1 fully saturated rings. The van der Waals surface area contributed by atoms with E-state index in [1.54, 1.807) is 5.56 Å². The summed E-state index contributed by atoms with van der Waals surface area (Å²) in [5.41, 5.74) is 1.54. The molecule has 0 aromatic carbocycles. The summed E-state index contributed by atoms with van der Waals surface area (Å²) < 4.78 is 0. The van der Waals surface area contributed by atoms with Crippen LogP contribution in [0.25, 0.3) is 0 Å². The number of aryl methyl sites for hydroxylation is 1. The third-order valence-electron chi connectivity index (χ3n) is 3.95. The number of rotatable bonds is 5. The standard InChI is InChI=1S/C15H25NS/c1-2-16-15-6-4-3-5-13(11-15)7-8-14-9-10-17-12-14/h9-10,12-13,15-16H,2-8,11H2,1H3. The summed E-state index contributed by atoms with van der Waals surface area (Å²) in [6, 6.07) is 3.07. The number of hydrogen-bond acceptors (Lipinski definition) is 2. The third-order valence-corrected chi connectivity index (χ3v) is 4.68. The largest absolute Gasteiger partial charge is 0.314 e. The van der Waals surface area contributed by atoms with Gasteiger partial charge in [-0.3, -0.25) is 0 Å². The lowest BCUT2D eigenvalue weighted by molar-refractivity contribution is 0.372. The van der Waals surface area contributed by atoms with E-state index in [-0.39, 0.29) is 0 Å². The van der Waals surface area contributed by atoms with Crippen molar-refractivity contribution in [3.8, 4) is 0 Å². The van der Waals surface area contributed by atoms with Crippen LogP contribution in [0.4, 0.5) is 0 Å². The molecule has 2 heteroatoms. The van der Waals surface area contributed by atoms with Crippen molar-refractivity contribution in [2.45, 2.75) is 57.9 Å². The van der Waals surface area contributed by atoms with Crippen molar-refractivity contribution >= 4 is 11.3 Å². The maximum atomic E-state index is 3.65. The van der Waals surface area contributed by atoms with E-state index in [0.29, 0.717) is 0 Å². The van der Waals surface area contributed by atoms with E-state index in [9.17, 15) is 0 Å². The van der Waals surface area contributed by atoms with Crippen LogP contribution in [0.3, 0.4) is 0 Å². The summed E-state index contributed by atoms with van der Waals surface area (Å²) in [6.45, 7) is 3.35. The van der Waals surface area contributed by atoms with Crippen LogP contribution in [0.1, 0.15) is 51.0 Å². The summed E-state index contributed by atoms with van der Waals surface area (Å²) in [6.07, 6.45) is 9.78. The molecule has 1 aliphatic rings. The number of hydrogen-bond donors (Lipinski definition) is 1. The summed E-state index contributed by atoms with van der Waals surface area (Å²) in [5.74, 6) is 0.946. The van der Waals surface area contributed by atoms with Gasteiger partial charge in [-0.05, 0) is 60.5 Å². The molecule has 1 aromatic rings. The first kappa shape index (κ1) is 13.1. The summed E-state index contributed by atoms with van der Waals surface area (Å²) in [7, 11) is 0. The van der Waals surface area contributed by atoms with Gasteiger partial charge >= 0.3 is 0 Å². The molecule has 0 radical (unpaired) electrons. The topological polar surface area (TPSA) is 12.0 Å². The van der Waals surface area contributed by atoms with Gasteiger partial charge in [0.1, 0.15) is 0 Å². The molecule has 2 rings (SSSR count). The van der Waals surface area contributed by atoms with Gasteiger partial charge in [0, 0.05) is 6.04 Å². The van der Waals surface area contributed by atoms with Crippen molar-refractivity contribution in [2.24, 2.45) is 5.92 Å². The molecule has 1 N–H and O–H groups in total. The Balaban J connectivity index is 1.78. The molecule has 17 heavy (non-hydrogen) atoms. The van der Waals surface area contributed by atoms with E-state index >= 15 is 0 Å². The highest BCUT2D eigenvalue weighted by atomic mass is 32.1. The predicted molar refractivity (Wildman–Crippen MR) is 76.7 cm³/mol. The molecule has 1 aliphatic carbocycles. The monoisotopic (exact) mass is 251 g/mol. The maximum absolute atomic E-state index is 3.65. The second-order valence-electron chi connectivity index (χ2n) is 5.31. The highest BCUT2D eigenvalue weighted by Gasteiger charge is 2.19. The molecular formula is C15H25NS. The van der Waals surface area contributed by atoms with Crippen LogP contribution in [0.15, 0.2) is 16.8 Å². The fraction of sp³-hybridized carbons (Fsp3) is 0.733. The molecule has 1 saturated carbocycles. The average molecular weight is 251 g/mol. The lowest BCUT2D eigenvalue weighted by atomic mass is 9.92. The Hall–Kier alpha value is -0.340. The Labute approximate surface area is 110 Å². The van der Waals surface area contributed by atoms with E-state index in [4.69, 9.17) is 0 Å². The SMILES string of the molecule is CCNC1CCCCC(CCc2ccsc2)C1. The fourth-order valence-corrected chi connectivity index (χ4v) is 3.71. The van der Waals surface area contributed by atoms with Crippen molar-refractivity contribution < 1.29 is 0 Å². The van der Waals surface area contributed by atoms with Gasteiger partial charge in [0.2, 0.25) is 0 Å². The van der Waals surface area contributed by atoms with Crippen molar-refractivity contribution in [3.05, 3.63) is 22.4 Å². The highest BCUT2D eigenvalue weighted by Crippen LogP contribution is 2.27. The Morgan fingerprint density at radius 2 is 2.24 bits per heavy atom. The van der Waals surface area contributed by atoms with Crippen LogP contribution in [0.5, 0.6) is 0 Å². The Kier molecular flexibility index (Phi) is 5.53. The third kappa shape index (κ3) is 4.44. The number of thiophene rings is 1. The summed E-state index contributed by atoms with van der Waals surface area (Å²) in [5, 5.41) is 8.15. The van der Waals surface area contributed by atoms with Crippen LogP contribution in [0, 0.1) is 5.92 Å². The maximum Gasteiger partial charge on any atom is 0.00695 e. The fourth-order valence-electron chi connectivity index (χ4n) is 3.00. The van der Waals surface area contributed by atoms with E-state index in [2.05, 4.69) is 29.1 Å². The zero-order chi connectivity index (χ0) is 11.9. The molecule has 0 aliphatic heterocycles. The summed E-state index contributed by atoms with van der Waals surface area (Å²) >= 11 is 1.83. The van der Waals surface area contributed by atoms with E-state index in [1.165, 1.54) is 44.9 Å². The van der Waals surface area contributed by atoms with Crippen LogP contribution >= 0.6 is 11.3 Å². The van der Waals surface area contributed by atoms with Gasteiger partial charge in [-0.2, -0.15) is 11.3 Å². The zero-order valence-electron chi connectivity index (χ0n) is 11.0. The zero-order valence-corrected chi connectivity index (χ0v) is 11.8. The minimum atomic E-state index is 0.787. The molecule has 0 spiro atoms. The van der Waals surface area contributed by atoms with Crippen LogP contribution < -0.4 is 5.32 Å². The summed E-state index contributed by atoms with van der Waals surface area (Å²) in [4.78, 5) is 0. The predicted octanol–water partition coefficient (Wildman–Crippen LogP) is 4.24. The smallest absolute Gasteiger partial charge is 0.00695 e. The van der Waals surface area contributed by atoms with Gasteiger partial charge in [-0.25, -0.2) is 0 Å². The lowest BCUT2D eigenvalue weighted by Gasteiger charge is -2.20. The molecular weight excluding hydrogens is 226 g/mol. The first-order valence-corrected chi connectivity index (χ1v) is 8.07. The Bertz CT molecular complexity index is 294. The van der Waals surface area contributed by atoms with Gasteiger partial charge in [-0.1, -0.05) is 26.2 Å². The van der Waals surface area contributed by atoms with Crippen molar-refractivity contribution in [3.63, 3.8) is 0 Å². The van der Waals surface area contributed by atoms with E-state index in [1.807, 2.05) is 11.3 Å². The molecule has 0 saturated heterocycles. The van der Waals surface area contributed by atoms with Crippen molar-refractivity contribution in [2.75, 3.05) is 6.54 Å². The molecule has 0 amide bonds. The average Bonchev–Trinajstić information content (AvgIpc) is 2.75. The molecule has 2 unspecified atom stereocenters. The van der Waals surface area contributed by atoms with Gasteiger partial charge in [-0.15, -0.1) is 0 Å². The van der Waals surface area contributed by atoms with Crippen molar-refractivity contribution in [1.82, 2.24) is 5.32 Å². The minimum absolute atomic E-state index is 0.787. The Morgan fingerprint density at radius 3 is 3.00 bits per heavy atom. The van der Waals surface area contributed by atoms with E-state index in [0.717, 1.165) is 18.5 Å². The van der Waals surface area contributed by atoms with Gasteiger partial charge in [0.25, 0.3) is 0 Å². The van der Waals surface area contributed by atoms with Crippen LogP contribution in [-0.2, 0) is 6.42 Å². The van der Waals surface area contributed by atoms with Crippen LogP contribution in [-0.4, -0.2) is 12.6 Å². The molecule has 1 aromatic heterocycles. The molecule has 0 bridgehead atoms. The normalized spacial score (nSPS) is 25.7. The first-order chi connectivity index (χ1) is 8.38. The number of nitrogens with one attached hydrogen (secondary N) is 1. The van der Waals surface area contributed by atoms with Crippen LogP contribution in [0.2, 0.25) is 0 Å². The quantitative estimate of drug-likeness (QED) is 0.772. The molecule has 1 heterocycles. The Morgan fingerprint density at radius 1 is 1.35 bits per heavy atom. The molecule has 2 atom stereocenters. The minimum Gasteiger partial charge on any atom is -0.314 e. The lowest BCUT2D eigenvalue weighted by Crippen LogP contribution is -2.29. The second kappa shape index (κ2) is 7.17. The van der Waals surface area contributed by atoms with Gasteiger partial charge in [0.05, 0.1) is 0 Å². The van der Waals surface area contributed by atoms with E-state index < -0.39 is 0 Å².